The number of ether oxygens (including phenoxy) is 2. The van der Waals surface area contributed by atoms with Crippen molar-refractivity contribution in [1.82, 2.24) is 9.88 Å². The number of amides is 1. The highest BCUT2D eigenvalue weighted by molar-refractivity contribution is 7.14. The maximum atomic E-state index is 12.2. The van der Waals surface area contributed by atoms with Crippen LogP contribution in [0.25, 0.3) is 0 Å². The van der Waals surface area contributed by atoms with Crippen molar-refractivity contribution < 1.29 is 23.9 Å². The van der Waals surface area contributed by atoms with Crippen molar-refractivity contribution in [3.8, 4) is 0 Å². The number of aldehydes is 1. The molecule has 2 rings (SSSR count). The van der Waals surface area contributed by atoms with Crippen LogP contribution in [0, 0.1) is 0 Å². The van der Waals surface area contributed by atoms with Crippen molar-refractivity contribution in [3.63, 3.8) is 0 Å². The summed E-state index contributed by atoms with van der Waals surface area (Å²) in [5, 5.41) is 0.637. The van der Waals surface area contributed by atoms with Gasteiger partial charge < -0.3 is 19.2 Å². The molecule has 1 unspecified atom stereocenters. The molecule has 132 valence electrons. The Bertz CT molecular complexity index is 625. The lowest BCUT2D eigenvalue weighted by Gasteiger charge is -2.39. The average Bonchev–Trinajstić information content (AvgIpc) is 3.01. The van der Waals surface area contributed by atoms with Gasteiger partial charge in [0.15, 0.2) is 5.69 Å². The number of rotatable bonds is 3. The zero-order valence-corrected chi connectivity index (χ0v) is 15.0. The van der Waals surface area contributed by atoms with Gasteiger partial charge >= 0.3 is 12.1 Å². The highest BCUT2D eigenvalue weighted by Gasteiger charge is 2.35. The van der Waals surface area contributed by atoms with Crippen LogP contribution >= 0.6 is 11.3 Å². The summed E-state index contributed by atoms with van der Waals surface area (Å²) in [6, 6.07) is -0.652. The number of thiazole rings is 1. The standard InChI is InChI=1S/C15H21N3O5S/c1-15(2,3)23-14(21)18-6-5-17(7-10(18)8-19)12-11(13(20)22-4)16-9-24-12/h8-10H,5-7H2,1-4H3. The average molecular weight is 355 g/mol. The molecule has 0 aromatic carbocycles. The third kappa shape index (κ3) is 4.02. The number of piperazine rings is 1. The second-order valence-corrected chi connectivity index (χ2v) is 7.15. The van der Waals surface area contributed by atoms with Gasteiger partial charge in [-0.3, -0.25) is 4.90 Å². The van der Waals surface area contributed by atoms with Gasteiger partial charge in [0.2, 0.25) is 0 Å². The molecule has 9 heteroatoms. The number of anilines is 1. The van der Waals surface area contributed by atoms with E-state index in [1.54, 1.807) is 26.3 Å². The van der Waals surface area contributed by atoms with Gasteiger partial charge in [0.1, 0.15) is 22.9 Å². The van der Waals surface area contributed by atoms with Crippen molar-refractivity contribution in [2.24, 2.45) is 0 Å². The predicted molar refractivity (Wildman–Crippen MR) is 88.5 cm³/mol. The van der Waals surface area contributed by atoms with Gasteiger partial charge in [0, 0.05) is 19.6 Å². The van der Waals surface area contributed by atoms with Crippen LogP contribution in [0.5, 0.6) is 0 Å². The summed E-state index contributed by atoms with van der Waals surface area (Å²) in [7, 11) is 1.29. The molecule has 1 atom stereocenters. The second kappa shape index (κ2) is 7.16. The summed E-state index contributed by atoms with van der Waals surface area (Å²) in [5.74, 6) is -0.525. The van der Waals surface area contributed by atoms with E-state index in [1.807, 2.05) is 4.90 Å². The summed E-state index contributed by atoms with van der Waals surface area (Å²) in [5.41, 5.74) is 1.15. The summed E-state index contributed by atoms with van der Waals surface area (Å²) in [4.78, 5) is 42.7. The van der Waals surface area contributed by atoms with Gasteiger partial charge in [-0.25, -0.2) is 14.6 Å². The minimum atomic E-state index is -0.652. The third-order valence-electron chi connectivity index (χ3n) is 3.42. The Morgan fingerprint density at radius 3 is 2.67 bits per heavy atom. The molecule has 1 saturated heterocycles. The van der Waals surface area contributed by atoms with E-state index >= 15 is 0 Å². The molecule has 0 spiro atoms. The molecule has 1 aliphatic rings. The Kier molecular flexibility index (Phi) is 5.43. The van der Waals surface area contributed by atoms with E-state index in [0.29, 0.717) is 18.1 Å². The zero-order chi connectivity index (χ0) is 17.9. The SMILES string of the molecule is COC(=O)c1ncsc1N1CCN(C(=O)OC(C)(C)C)C(C=O)C1. The fourth-order valence-corrected chi connectivity index (χ4v) is 3.18. The van der Waals surface area contributed by atoms with Gasteiger partial charge in [-0.2, -0.15) is 0 Å². The van der Waals surface area contributed by atoms with Crippen molar-refractivity contribution in [2.45, 2.75) is 32.4 Å². The quantitative estimate of drug-likeness (QED) is 0.600. The van der Waals surface area contributed by atoms with Crippen LogP contribution in [0.15, 0.2) is 5.51 Å². The molecule has 1 amide bonds. The lowest BCUT2D eigenvalue weighted by atomic mass is 10.2. The zero-order valence-electron chi connectivity index (χ0n) is 14.1. The number of carbonyl (C=O) groups is 3. The number of carbonyl (C=O) groups excluding carboxylic acids is 3. The van der Waals surface area contributed by atoms with E-state index in [4.69, 9.17) is 9.47 Å². The van der Waals surface area contributed by atoms with Crippen LogP contribution in [0.1, 0.15) is 31.3 Å². The molecule has 0 bridgehead atoms. The molecule has 0 N–H and O–H groups in total. The van der Waals surface area contributed by atoms with E-state index in [0.717, 1.165) is 6.29 Å². The normalized spacial score (nSPS) is 18.2. The predicted octanol–water partition coefficient (Wildman–Crippen LogP) is 1.55. The largest absolute Gasteiger partial charge is 0.464 e. The first-order chi connectivity index (χ1) is 11.3. The molecule has 0 aliphatic carbocycles. The minimum absolute atomic E-state index is 0.220. The van der Waals surface area contributed by atoms with Crippen LogP contribution in [0.4, 0.5) is 9.80 Å². The molecule has 0 radical (unpaired) electrons. The number of esters is 1. The van der Waals surface area contributed by atoms with Crippen molar-refractivity contribution in [2.75, 3.05) is 31.6 Å². The van der Waals surface area contributed by atoms with Crippen molar-refractivity contribution >= 4 is 34.7 Å². The van der Waals surface area contributed by atoms with Crippen LogP contribution in [-0.2, 0) is 14.3 Å². The number of nitrogens with zero attached hydrogens (tertiary/aromatic N) is 3. The Morgan fingerprint density at radius 1 is 1.38 bits per heavy atom. The van der Waals surface area contributed by atoms with Crippen LogP contribution in [-0.4, -0.2) is 66.6 Å². The molecule has 1 aromatic rings. The molecule has 24 heavy (non-hydrogen) atoms. The molecule has 2 heterocycles. The summed E-state index contributed by atoms with van der Waals surface area (Å²) in [6.07, 6.45) is 0.200. The molecule has 1 fully saturated rings. The van der Waals surface area contributed by atoms with Gasteiger partial charge in [-0.1, -0.05) is 0 Å². The van der Waals surface area contributed by atoms with Crippen molar-refractivity contribution in [3.05, 3.63) is 11.2 Å². The van der Waals surface area contributed by atoms with E-state index in [9.17, 15) is 14.4 Å². The molecule has 1 aromatic heterocycles. The third-order valence-corrected chi connectivity index (χ3v) is 4.30. The fraction of sp³-hybridized carbons (Fsp3) is 0.600. The van der Waals surface area contributed by atoms with E-state index in [-0.39, 0.29) is 12.2 Å². The lowest BCUT2D eigenvalue weighted by molar-refractivity contribution is -0.112. The van der Waals surface area contributed by atoms with Gasteiger partial charge in [-0.15, -0.1) is 11.3 Å². The Balaban J connectivity index is 2.13. The molecule has 1 aliphatic heterocycles. The van der Waals surface area contributed by atoms with E-state index < -0.39 is 23.7 Å². The number of methoxy groups -OCH3 is 1. The van der Waals surface area contributed by atoms with Crippen LogP contribution in [0.2, 0.25) is 0 Å². The van der Waals surface area contributed by atoms with Crippen LogP contribution in [0.3, 0.4) is 0 Å². The Labute approximate surface area is 144 Å². The molecular weight excluding hydrogens is 334 g/mol. The highest BCUT2D eigenvalue weighted by atomic mass is 32.1. The first kappa shape index (κ1) is 18.2. The van der Waals surface area contributed by atoms with Crippen molar-refractivity contribution in [1.29, 1.82) is 0 Å². The topological polar surface area (TPSA) is 89.0 Å². The number of aromatic nitrogens is 1. The van der Waals surface area contributed by atoms with Crippen LogP contribution < -0.4 is 4.90 Å². The highest BCUT2D eigenvalue weighted by Crippen LogP contribution is 2.28. The lowest BCUT2D eigenvalue weighted by Crippen LogP contribution is -2.57. The van der Waals surface area contributed by atoms with E-state index in [1.165, 1.54) is 23.3 Å². The second-order valence-electron chi connectivity index (χ2n) is 6.32. The van der Waals surface area contributed by atoms with E-state index in [2.05, 4.69) is 4.98 Å². The maximum Gasteiger partial charge on any atom is 0.411 e. The Hall–Kier alpha value is -2.16. The summed E-state index contributed by atoms with van der Waals surface area (Å²) in [6.45, 7) is 6.38. The Morgan fingerprint density at radius 2 is 2.08 bits per heavy atom. The minimum Gasteiger partial charge on any atom is -0.464 e. The number of hydrogen-bond donors (Lipinski definition) is 0. The fourth-order valence-electron chi connectivity index (χ4n) is 2.36. The molecular formula is C15H21N3O5S. The van der Waals surface area contributed by atoms with Gasteiger partial charge in [0.25, 0.3) is 0 Å². The monoisotopic (exact) mass is 355 g/mol. The first-order valence-corrected chi connectivity index (χ1v) is 8.36. The molecule has 0 saturated carbocycles. The first-order valence-electron chi connectivity index (χ1n) is 7.48. The van der Waals surface area contributed by atoms with Gasteiger partial charge in [-0.05, 0) is 20.8 Å². The smallest absolute Gasteiger partial charge is 0.411 e. The maximum absolute atomic E-state index is 12.2. The number of hydrogen-bond acceptors (Lipinski definition) is 8. The van der Waals surface area contributed by atoms with Gasteiger partial charge in [0.05, 0.1) is 12.6 Å². The summed E-state index contributed by atoms with van der Waals surface area (Å²) >= 11 is 1.30. The summed E-state index contributed by atoms with van der Waals surface area (Å²) < 4.78 is 10.1. The molecule has 8 nitrogen and oxygen atoms in total.